The maximum absolute atomic E-state index is 3.40. The van der Waals surface area contributed by atoms with Gasteiger partial charge in [0.15, 0.2) is 0 Å². The highest BCUT2D eigenvalue weighted by Crippen LogP contribution is 2.24. The number of aryl methyl sites for hydroxylation is 1. The first-order chi connectivity index (χ1) is 5.38. The van der Waals surface area contributed by atoms with E-state index < -0.39 is 0 Å². The minimum absolute atomic E-state index is 0. The molecule has 0 saturated carbocycles. The zero-order valence-corrected chi connectivity index (χ0v) is 8.08. The molecule has 1 heterocycles. The Labute approximate surface area is 79.6 Å². The molecule has 0 aromatic heterocycles. The molecule has 0 saturated heterocycles. The van der Waals surface area contributed by atoms with E-state index in [9.17, 15) is 0 Å². The number of halogens is 1. The predicted molar refractivity (Wildman–Crippen MR) is 55.2 cm³/mol. The van der Waals surface area contributed by atoms with Crippen molar-refractivity contribution in [2.24, 2.45) is 0 Å². The number of hydrogen-bond donors (Lipinski definition) is 1. The Morgan fingerprint density at radius 1 is 1.33 bits per heavy atom. The monoisotopic (exact) mass is 183 g/mol. The van der Waals surface area contributed by atoms with Gasteiger partial charge in [-0.3, -0.25) is 0 Å². The topological polar surface area (TPSA) is 12.0 Å². The third-order valence-corrected chi connectivity index (χ3v) is 2.33. The van der Waals surface area contributed by atoms with Crippen LogP contribution in [0.2, 0.25) is 0 Å². The molecule has 0 fully saturated rings. The van der Waals surface area contributed by atoms with Crippen molar-refractivity contribution >= 4 is 18.1 Å². The van der Waals surface area contributed by atoms with Crippen LogP contribution in [-0.2, 0) is 6.42 Å². The van der Waals surface area contributed by atoms with Crippen LogP contribution in [0.15, 0.2) is 18.2 Å². The van der Waals surface area contributed by atoms with Crippen molar-refractivity contribution in [3.8, 4) is 0 Å². The summed E-state index contributed by atoms with van der Waals surface area (Å²) in [7, 11) is 0. The molecular weight excluding hydrogens is 170 g/mol. The van der Waals surface area contributed by atoms with Gasteiger partial charge < -0.3 is 5.32 Å². The summed E-state index contributed by atoms with van der Waals surface area (Å²) in [5, 5.41) is 3.40. The molecule has 12 heavy (non-hydrogen) atoms. The van der Waals surface area contributed by atoms with E-state index in [2.05, 4.69) is 30.4 Å². The van der Waals surface area contributed by atoms with E-state index in [1.54, 1.807) is 0 Å². The molecule has 2 rings (SSSR count). The summed E-state index contributed by atoms with van der Waals surface area (Å²) in [6.45, 7) is 3.32. The first-order valence-electron chi connectivity index (χ1n) is 4.20. The molecule has 0 aliphatic carbocycles. The number of nitrogens with one attached hydrogen (secondary N) is 1. The molecular formula is C10H14ClN. The molecule has 0 bridgehead atoms. The molecule has 0 amide bonds. The van der Waals surface area contributed by atoms with Crippen LogP contribution in [0.3, 0.4) is 0 Å². The summed E-state index contributed by atoms with van der Waals surface area (Å²) < 4.78 is 0. The minimum atomic E-state index is 0. The van der Waals surface area contributed by atoms with E-state index in [1.165, 1.54) is 29.7 Å². The SMILES string of the molecule is Cc1cccc2c1CCCN2.Cl. The van der Waals surface area contributed by atoms with Gasteiger partial charge in [0.2, 0.25) is 0 Å². The molecule has 66 valence electrons. The average molecular weight is 184 g/mol. The number of fused-ring (bicyclic) bond motifs is 1. The fourth-order valence-corrected chi connectivity index (χ4v) is 1.69. The fourth-order valence-electron chi connectivity index (χ4n) is 1.69. The van der Waals surface area contributed by atoms with Crippen molar-refractivity contribution in [2.75, 3.05) is 11.9 Å². The quantitative estimate of drug-likeness (QED) is 0.652. The molecule has 1 nitrogen and oxygen atoms in total. The Bertz CT molecular complexity index is 271. The molecule has 0 unspecified atom stereocenters. The zero-order chi connectivity index (χ0) is 7.68. The van der Waals surface area contributed by atoms with Gasteiger partial charge in [0.05, 0.1) is 0 Å². The van der Waals surface area contributed by atoms with Crippen molar-refractivity contribution in [1.29, 1.82) is 0 Å². The van der Waals surface area contributed by atoms with Crippen molar-refractivity contribution in [3.63, 3.8) is 0 Å². The van der Waals surface area contributed by atoms with E-state index in [4.69, 9.17) is 0 Å². The molecule has 1 aromatic rings. The molecule has 2 heteroatoms. The zero-order valence-electron chi connectivity index (χ0n) is 7.26. The van der Waals surface area contributed by atoms with Crippen LogP contribution in [0.4, 0.5) is 5.69 Å². The largest absolute Gasteiger partial charge is 0.385 e. The summed E-state index contributed by atoms with van der Waals surface area (Å²) in [4.78, 5) is 0. The third-order valence-electron chi connectivity index (χ3n) is 2.33. The summed E-state index contributed by atoms with van der Waals surface area (Å²) in [6.07, 6.45) is 2.52. The molecule has 0 radical (unpaired) electrons. The van der Waals surface area contributed by atoms with Crippen LogP contribution < -0.4 is 5.32 Å². The lowest BCUT2D eigenvalue weighted by Crippen LogP contribution is -2.12. The van der Waals surface area contributed by atoms with Gasteiger partial charge in [-0.05, 0) is 37.0 Å². The summed E-state index contributed by atoms with van der Waals surface area (Å²) >= 11 is 0. The number of rotatable bonds is 0. The average Bonchev–Trinajstić information content (AvgIpc) is 2.06. The minimum Gasteiger partial charge on any atom is -0.385 e. The first-order valence-corrected chi connectivity index (χ1v) is 4.20. The Morgan fingerprint density at radius 2 is 2.17 bits per heavy atom. The predicted octanol–water partition coefficient (Wildman–Crippen LogP) is 2.77. The lowest BCUT2D eigenvalue weighted by atomic mass is 9.99. The normalized spacial score (nSPS) is 14.1. The highest BCUT2D eigenvalue weighted by molar-refractivity contribution is 5.85. The van der Waals surface area contributed by atoms with Gasteiger partial charge in [-0.15, -0.1) is 12.4 Å². The Morgan fingerprint density at radius 3 is 2.92 bits per heavy atom. The van der Waals surface area contributed by atoms with Crippen molar-refractivity contribution in [1.82, 2.24) is 0 Å². The summed E-state index contributed by atoms with van der Waals surface area (Å²) in [5.41, 5.74) is 4.28. The standard InChI is InChI=1S/C10H13N.ClH/c1-8-4-2-6-10-9(8)5-3-7-11-10;/h2,4,6,11H,3,5,7H2,1H3;1H. The lowest BCUT2D eigenvalue weighted by Gasteiger charge is -2.19. The van der Waals surface area contributed by atoms with Gasteiger partial charge in [-0.25, -0.2) is 0 Å². The van der Waals surface area contributed by atoms with Crippen LogP contribution in [0, 0.1) is 6.92 Å². The number of anilines is 1. The number of benzene rings is 1. The maximum atomic E-state index is 3.40. The van der Waals surface area contributed by atoms with E-state index >= 15 is 0 Å². The molecule has 1 aromatic carbocycles. The summed E-state index contributed by atoms with van der Waals surface area (Å²) in [6, 6.07) is 6.47. The molecule has 0 spiro atoms. The second-order valence-electron chi connectivity index (χ2n) is 3.13. The highest BCUT2D eigenvalue weighted by Gasteiger charge is 2.08. The molecule has 1 aliphatic heterocycles. The molecule has 1 aliphatic rings. The Kier molecular flexibility index (Phi) is 2.99. The van der Waals surface area contributed by atoms with Gasteiger partial charge in [-0.1, -0.05) is 12.1 Å². The van der Waals surface area contributed by atoms with Crippen molar-refractivity contribution in [3.05, 3.63) is 29.3 Å². The molecule has 1 N–H and O–H groups in total. The maximum Gasteiger partial charge on any atom is 0.0375 e. The van der Waals surface area contributed by atoms with Crippen LogP contribution >= 0.6 is 12.4 Å². The van der Waals surface area contributed by atoms with Crippen molar-refractivity contribution in [2.45, 2.75) is 19.8 Å². The van der Waals surface area contributed by atoms with E-state index in [-0.39, 0.29) is 12.4 Å². The van der Waals surface area contributed by atoms with Crippen LogP contribution in [0.1, 0.15) is 17.5 Å². The van der Waals surface area contributed by atoms with E-state index in [0.29, 0.717) is 0 Å². The third kappa shape index (κ3) is 1.56. The Balaban J connectivity index is 0.000000720. The summed E-state index contributed by atoms with van der Waals surface area (Å²) in [5.74, 6) is 0. The van der Waals surface area contributed by atoms with Gasteiger partial charge in [0.1, 0.15) is 0 Å². The van der Waals surface area contributed by atoms with E-state index in [1.807, 2.05) is 0 Å². The first kappa shape index (κ1) is 9.40. The Hall–Kier alpha value is -0.690. The van der Waals surface area contributed by atoms with Gasteiger partial charge in [0, 0.05) is 12.2 Å². The van der Waals surface area contributed by atoms with Crippen LogP contribution in [0.25, 0.3) is 0 Å². The van der Waals surface area contributed by atoms with E-state index in [0.717, 1.165) is 6.54 Å². The second-order valence-corrected chi connectivity index (χ2v) is 3.13. The number of hydrogen-bond acceptors (Lipinski definition) is 1. The second kappa shape index (κ2) is 3.81. The molecule has 0 atom stereocenters. The fraction of sp³-hybridized carbons (Fsp3) is 0.400. The van der Waals surface area contributed by atoms with Gasteiger partial charge in [0.25, 0.3) is 0 Å². The van der Waals surface area contributed by atoms with Crippen molar-refractivity contribution < 1.29 is 0 Å². The van der Waals surface area contributed by atoms with Gasteiger partial charge in [-0.2, -0.15) is 0 Å². The van der Waals surface area contributed by atoms with Crippen LogP contribution in [-0.4, -0.2) is 6.54 Å². The highest BCUT2D eigenvalue weighted by atomic mass is 35.5. The van der Waals surface area contributed by atoms with Gasteiger partial charge >= 0.3 is 0 Å². The smallest absolute Gasteiger partial charge is 0.0375 e. The lowest BCUT2D eigenvalue weighted by molar-refractivity contribution is 0.824. The van der Waals surface area contributed by atoms with Crippen LogP contribution in [0.5, 0.6) is 0 Å².